The lowest BCUT2D eigenvalue weighted by Crippen LogP contribution is -2.22. The van der Waals surface area contributed by atoms with E-state index in [0.717, 1.165) is 6.07 Å². The third kappa shape index (κ3) is 4.71. The molecule has 0 unspecified atom stereocenters. The van der Waals surface area contributed by atoms with Gasteiger partial charge in [0.25, 0.3) is 0 Å². The fourth-order valence-electron chi connectivity index (χ4n) is 1.22. The molecular weight excluding hydrogens is 237 g/mol. The van der Waals surface area contributed by atoms with Crippen molar-refractivity contribution in [3.8, 4) is 0 Å². The van der Waals surface area contributed by atoms with E-state index in [-0.39, 0.29) is 23.5 Å². The maximum absolute atomic E-state index is 13.1. The quantitative estimate of drug-likeness (QED) is 0.510. The van der Waals surface area contributed by atoms with Gasteiger partial charge in [-0.05, 0) is 39.0 Å². The van der Waals surface area contributed by atoms with Crippen molar-refractivity contribution in [3.05, 3.63) is 29.6 Å². The molecule has 0 atom stereocenters. The van der Waals surface area contributed by atoms with Crippen molar-refractivity contribution < 1.29 is 18.7 Å². The van der Waals surface area contributed by atoms with E-state index in [4.69, 9.17) is 15.2 Å². The minimum absolute atomic E-state index is 0.00242. The molecule has 0 amide bonds. The summed E-state index contributed by atoms with van der Waals surface area (Å²) >= 11 is 0. The van der Waals surface area contributed by atoms with Gasteiger partial charge in [-0.1, -0.05) is 0 Å². The molecule has 1 aromatic rings. The molecule has 0 saturated heterocycles. The second-order valence-electron chi connectivity index (χ2n) is 4.83. The number of esters is 1. The number of anilines is 1. The highest BCUT2D eigenvalue weighted by molar-refractivity contribution is 5.89. The average Bonchev–Trinajstić information content (AvgIpc) is 2.26. The Morgan fingerprint density at radius 2 is 2.00 bits per heavy atom. The number of nitrogen functional groups attached to an aromatic ring is 1. The molecule has 0 aliphatic heterocycles. The maximum atomic E-state index is 13.1. The van der Waals surface area contributed by atoms with E-state index in [0.29, 0.717) is 6.61 Å². The first kappa shape index (κ1) is 14.4. The molecule has 0 fully saturated rings. The van der Waals surface area contributed by atoms with Crippen LogP contribution in [0.3, 0.4) is 0 Å². The normalized spacial score (nSPS) is 11.3. The largest absolute Gasteiger partial charge is 0.460 e. The fraction of sp³-hybridized carbons (Fsp3) is 0.462. The fourth-order valence-corrected chi connectivity index (χ4v) is 1.22. The van der Waals surface area contributed by atoms with Crippen LogP contribution in [-0.2, 0) is 9.47 Å². The summed E-state index contributed by atoms with van der Waals surface area (Å²) in [5.74, 6) is -1.22. The van der Waals surface area contributed by atoms with Gasteiger partial charge >= 0.3 is 5.97 Å². The summed E-state index contributed by atoms with van der Waals surface area (Å²) in [5.41, 5.74) is 5.17. The Balaban J connectivity index is 2.43. The van der Waals surface area contributed by atoms with Gasteiger partial charge in [0.2, 0.25) is 0 Å². The van der Waals surface area contributed by atoms with E-state index in [1.165, 1.54) is 12.1 Å². The Bertz CT molecular complexity index is 427. The van der Waals surface area contributed by atoms with E-state index < -0.39 is 11.8 Å². The van der Waals surface area contributed by atoms with Crippen molar-refractivity contribution in [2.24, 2.45) is 0 Å². The number of hydrogen-bond acceptors (Lipinski definition) is 4. The molecule has 4 nitrogen and oxygen atoms in total. The van der Waals surface area contributed by atoms with Gasteiger partial charge in [-0.3, -0.25) is 0 Å². The summed E-state index contributed by atoms with van der Waals surface area (Å²) in [4.78, 5) is 11.5. The van der Waals surface area contributed by atoms with E-state index in [9.17, 15) is 9.18 Å². The minimum Gasteiger partial charge on any atom is -0.460 e. The molecule has 100 valence electrons. The number of ether oxygens (including phenoxy) is 2. The summed E-state index contributed by atoms with van der Waals surface area (Å²) in [5, 5.41) is 0. The van der Waals surface area contributed by atoms with Crippen LogP contribution in [0.1, 0.15) is 31.1 Å². The van der Waals surface area contributed by atoms with Gasteiger partial charge in [0.05, 0.1) is 23.5 Å². The lowest BCUT2D eigenvalue weighted by molar-refractivity contribution is -0.0281. The van der Waals surface area contributed by atoms with Crippen molar-refractivity contribution in [1.82, 2.24) is 0 Å². The molecule has 18 heavy (non-hydrogen) atoms. The third-order valence-electron chi connectivity index (χ3n) is 2.09. The minimum atomic E-state index is -0.629. The highest BCUT2D eigenvalue weighted by Crippen LogP contribution is 2.13. The van der Waals surface area contributed by atoms with Crippen molar-refractivity contribution in [1.29, 1.82) is 0 Å². The highest BCUT2D eigenvalue weighted by atomic mass is 19.1. The molecule has 0 aliphatic carbocycles. The van der Waals surface area contributed by atoms with Gasteiger partial charge in [0, 0.05) is 0 Å². The first-order valence-corrected chi connectivity index (χ1v) is 5.66. The molecule has 0 bridgehead atoms. The Morgan fingerprint density at radius 1 is 1.33 bits per heavy atom. The molecule has 0 heterocycles. The number of hydrogen-bond donors (Lipinski definition) is 1. The second-order valence-corrected chi connectivity index (χ2v) is 4.83. The van der Waals surface area contributed by atoms with Crippen LogP contribution in [0, 0.1) is 5.82 Å². The van der Waals surface area contributed by atoms with Gasteiger partial charge in [0.1, 0.15) is 12.4 Å². The molecular formula is C13H18FNO3. The maximum Gasteiger partial charge on any atom is 0.338 e. The first-order chi connectivity index (χ1) is 8.29. The molecule has 0 spiro atoms. The zero-order valence-electron chi connectivity index (χ0n) is 10.8. The average molecular weight is 255 g/mol. The number of carbonyl (C=O) groups is 1. The smallest absolute Gasteiger partial charge is 0.338 e. The van der Waals surface area contributed by atoms with Crippen LogP contribution < -0.4 is 5.73 Å². The lowest BCUT2D eigenvalue weighted by Gasteiger charge is -2.19. The SMILES string of the molecule is CC(C)(C)OCCOC(=O)c1ccc(N)c(F)c1. The Kier molecular flexibility index (Phi) is 4.67. The van der Waals surface area contributed by atoms with Gasteiger partial charge in [-0.25, -0.2) is 9.18 Å². The van der Waals surface area contributed by atoms with Gasteiger partial charge in [-0.15, -0.1) is 0 Å². The molecule has 0 aliphatic rings. The lowest BCUT2D eigenvalue weighted by atomic mass is 10.2. The number of nitrogens with two attached hydrogens (primary N) is 1. The first-order valence-electron chi connectivity index (χ1n) is 5.66. The Morgan fingerprint density at radius 3 is 2.56 bits per heavy atom. The third-order valence-corrected chi connectivity index (χ3v) is 2.09. The van der Waals surface area contributed by atoms with E-state index >= 15 is 0 Å². The van der Waals surface area contributed by atoms with Gasteiger partial charge in [-0.2, -0.15) is 0 Å². The Hall–Kier alpha value is -1.62. The van der Waals surface area contributed by atoms with Gasteiger partial charge in [0.15, 0.2) is 0 Å². The van der Waals surface area contributed by atoms with E-state index in [1.807, 2.05) is 20.8 Å². The van der Waals surface area contributed by atoms with E-state index in [1.54, 1.807) is 0 Å². The zero-order valence-corrected chi connectivity index (χ0v) is 10.8. The van der Waals surface area contributed by atoms with Crippen LogP contribution in [0.15, 0.2) is 18.2 Å². The van der Waals surface area contributed by atoms with Crippen LogP contribution in [0.25, 0.3) is 0 Å². The standard InChI is InChI=1S/C13H18FNO3/c1-13(2,3)18-7-6-17-12(16)9-4-5-11(15)10(14)8-9/h4-5,8H,6-7,15H2,1-3H3. The summed E-state index contributed by atoms with van der Waals surface area (Å²) < 4.78 is 23.5. The number of rotatable bonds is 4. The van der Waals surface area contributed by atoms with Crippen molar-refractivity contribution in [3.63, 3.8) is 0 Å². The predicted molar refractivity (Wildman–Crippen MR) is 66.8 cm³/mol. The predicted octanol–water partition coefficient (Wildman–Crippen LogP) is 2.38. The zero-order chi connectivity index (χ0) is 13.8. The van der Waals surface area contributed by atoms with Crippen LogP contribution in [0.5, 0.6) is 0 Å². The molecule has 0 aromatic heterocycles. The monoisotopic (exact) mass is 255 g/mol. The molecule has 0 radical (unpaired) electrons. The van der Waals surface area contributed by atoms with Crippen molar-refractivity contribution in [2.45, 2.75) is 26.4 Å². The van der Waals surface area contributed by atoms with Crippen LogP contribution in [0.2, 0.25) is 0 Å². The topological polar surface area (TPSA) is 61.5 Å². The summed E-state index contributed by atoms with van der Waals surface area (Å²) in [7, 11) is 0. The van der Waals surface area contributed by atoms with Crippen LogP contribution in [-0.4, -0.2) is 24.8 Å². The molecule has 1 aromatic carbocycles. The summed E-state index contributed by atoms with van der Waals surface area (Å²) in [6.45, 7) is 6.15. The van der Waals surface area contributed by atoms with Crippen LogP contribution >= 0.6 is 0 Å². The van der Waals surface area contributed by atoms with Crippen LogP contribution in [0.4, 0.5) is 10.1 Å². The summed E-state index contributed by atoms with van der Waals surface area (Å²) in [6, 6.07) is 3.81. The van der Waals surface area contributed by atoms with Gasteiger partial charge < -0.3 is 15.2 Å². The molecule has 2 N–H and O–H groups in total. The Labute approximate surface area is 106 Å². The highest BCUT2D eigenvalue weighted by Gasteiger charge is 2.12. The number of halogens is 1. The second kappa shape index (κ2) is 5.82. The molecule has 1 rings (SSSR count). The van der Waals surface area contributed by atoms with Crippen molar-refractivity contribution in [2.75, 3.05) is 18.9 Å². The van der Waals surface area contributed by atoms with E-state index in [2.05, 4.69) is 0 Å². The molecule has 0 saturated carbocycles. The summed E-state index contributed by atoms with van der Waals surface area (Å²) in [6.07, 6.45) is 0. The number of carbonyl (C=O) groups excluding carboxylic acids is 1. The number of benzene rings is 1. The van der Waals surface area contributed by atoms with Crippen molar-refractivity contribution >= 4 is 11.7 Å². The molecule has 5 heteroatoms.